The molecule has 1 heterocycles. The molecule has 0 saturated heterocycles. The molecular formula is C23H17F8N3O2S. The fourth-order valence-electron chi connectivity index (χ4n) is 3.10. The number of nitrogens with one attached hydrogen (secondary N) is 1. The van der Waals surface area contributed by atoms with E-state index in [2.05, 4.69) is 10.3 Å². The summed E-state index contributed by atoms with van der Waals surface area (Å²) in [6.45, 7) is 0.319. The van der Waals surface area contributed by atoms with Gasteiger partial charge in [-0.3, -0.25) is 9.78 Å². The number of benzene rings is 2. The van der Waals surface area contributed by atoms with Crippen LogP contribution in [0.25, 0.3) is 11.1 Å². The van der Waals surface area contributed by atoms with Crippen LogP contribution in [0.4, 0.5) is 32.6 Å². The molecule has 37 heavy (non-hydrogen) atoms. The van der Waals surface area contributed by atoms with Gasteiger partial charge in [-0.1, -0.05) is 31.6 Å². The van der Waals surface area contributed by atoms with Gasteiger partial charge in [-0.05, 0) is 55.0 Å². The van der Waals surface area contributed by atoms with Gasteiger partial charge in [-0.25, -0.2) is 0 Å². The molecule has 1 unspecified atom stereocenters. The highest BCUT2D eigenvalue weighted by Gasteiger charge is 2.65. The van der Waals surface area contributed by atoms with Crippen molar-refractivity contribution >= 4 is 16.1 Å². The highest BCUT2D eigenvalue weighted by atomic mass is 32.5. The van der Waals surface area contributed by atoms with Gasteiger partial charge in [0.05, 0.1) is 11.6 Å². The summed E-state index contributed by atoms with van der Waals surface area (Å²) in [5.41, 5.74) is -3.00. The molecule has 1 amide bonds. The van der Waals surface area contributed by atoms with Gasteiger partial charge in [0.1, 0.15) is 17.3 Å². The number of rotatable bonds is 7. The van der Waals surface area contributed by atoms with Crippen molar-refractivity contribution in [1.82, 2.24) is 10.3 Å². The summed E-state index contributed by atoms with van der Waals surface area (Å²) in [5.74, 6) is -1.78. The molecule has 0 saturated carbocycles. The molecule has 0 aliphatic carbocycles. The zero-order valence-corrected chi connectivity index (χ0v) is 19.5. The number of carbonyl (C=O) groups is 1. The van der Waals surface area contributed by atoms with Crippen molar-refractivity contribution in [3.63, 3.8) is 0 Å². The third kappa shape index (κ3) is 6.88. The lowest BCUT2D eigenvalue weighted by Crippen LogP contribution is -2.49. The van der Waals surface area contributed by atoms with Crippen molar-refractivity contribution in [2.45, 2.75) is 23.5 Å². The molecule has 0 spiro atoms. The van der Waals surface area contributed by atoms with Crippen LogP contribution in [-0.4, -0.2) is 23.0 Å². The van der Waals surface area contributed by atoms with Crippen LogP contribution >= 0.6 is 10.2 Å². The summed E-state index contributed by atoms with van der Waals surface area (Å²) in [6.07, 6.45) is -2.03. The maximum atomic E-state index is 13.7. The van der Waals surface area contributed by atoms with Crippen molar-refractivity contribution in [1.29, 1.82) is 5.26 Å². The molecule has 198 valence electrons. The number of halogens is 8. The lowest BCUT2D eigenvalue weighted by Gasteiger charge is -2.40. The van der Waals surface area contributed by atoms with Crippen LogP contribution < -0.4 is 10.1 Å². The predicted molar refractivity (Wildman–Crippen MR) is 119 cm³/mol. The molecule has 3 rings (SSSR count). The van der Waals surface area contributed by atoms with Crippen LogP contribution in [0.3, 0.4) is 0 Å². The van der Waals surface area contributed by atoms with E-state index in [0.717, 1.165) is 19.1 Å². The SMILES string of the molecule is CC(C#N)(COc1ccc(-c2cccnc2)cc1C(F)(F)F)NC(=O)c1ccc(S(F)(F)(F)(F)F)cc1. The van der Waals surface area contributed by atoms with Crippen molar-refractivity contribution < 1.29 is 42.1 Å². The van der Waals surface area contributed by atoms with Gasteiger partial charge in [0.25, 0.3) is 5.91 Å². The van der Waals surface area contributed by atoms with Crippen LogP contribution in [0.5, 0.6) is 5.75 Å². The molecule has 3 aromatic rings. The Kier molecular flexibility index (Phi) is 6.46. The molecule has 0 radical (unpaired) electrons. The highest BCUT2D eigenvalue weighted by molar-refractivity contribution is 8.45. The second kappa shape index (κ2) is 8.62. The molecule has 2 aromatic carbocycles. The summed E-state index contributed by atoms with van der Waals surface area (Å²) in [4.78, 5) is 14.1. The third-order valence-corrected chi connectivity index (χ3v) is 6.16. The minimum absolute atomic E-state index is 0.0239. The van der Waals surface area contributed by atoms with Crippen molar-refractivity contribution in [2.24, 2.45) is 0 Å². The Morgan fingerprint density at radius 1 is 1.03 bits per heavy atom. The lowest BCUT2D eigenvalue weighted by atomic mass is 10.0. The second-order valence-corrected chi connectivity index (χ2v) is 10.5. The summed E-state index contributed by atoms with van der Waals surface area (Å²) < 4.78 is 111. The van der Waals surface area contributed by atoms with Crippen molar-refractivity contribution in [3.8, 4) is 22.9 Å². The van der Waals surface area contributed by atoms with E-state index < -0.39 is 56.2 Å². The van der Waals surface area contributed by atoms with Crippen LogP contribution in [0.1, 0.15) is 22.8 Å². The first-order valence-electron chi connectivity index (χ1n) is 10.1. The number of pyridine rings is 1. The van der Waals surface area contributed by atoms with Crippen LogP contribution in [-0.2, 0) is 6.18 Å². The summed E-state index contributed by atoms with van der Waals surface area (Å²) in [6, 6.07) is 8.96. The fourth-order valence-corrected chi connectivity index (χ4v) is 3.75. The lowest BCUT2D eigenvalue weighted by molar-refractivity contribution is -0.139. The Morgan fingerprint density at radius 2 is 1.68 bits per heavy atom. The molecule has 1 aromatic heterocycles. The first-order chi connectivity index (χ1) is 16.8. The first kappa shape index (κ1) is 27.7. The van der Waals surface area contributed by atoms with Gasteiger partial charge < -0.3 is 10.1 Å². The Hall–Kier alpha value is -3.86. The maximum Gasteiger partial charge on any atom is 0.419 e. The minimum Gasteiger partial charge on any atom is -0.489 e. The number of nitrogens with zero attached hydrogens (tertiary/aromatic N) is 2. The second-order valence-electron chi connectivity index (χ2n) is 8.13. The van der Waals surface area contributed by atoms with E-state index in [4.69, 9.17) is 4.74 Å². The summed E-state index contributed by atoms with van der Waals surface area (Å²) >= 11 is 0. The van der Waals surface area contributed by atoms with Crippen LogP contribution in [0.15, 0.2) is 71.9 Å². The van der Waals surface area contributed by atoms with E-state index in [-0.39, 0.29) is 17.7 Å². The number of alkyl halides is 3. The van der Waals surface area contributed by atoms with E-state index in [1.54, 1.807) is 12.1 Å². The molecule has 0 bridgehead atoms. The fraction of sp³-hybridized carbons (Fsp3) is 0.174. The van der Waals surface area contributed by atoms with Gasteiger partial charge in [0, 0.05) is 23.5 Å². The zero-order valence-electron chi connectivity index (χ0n) is 18.7. The minimum atomic E-state index is -9.95. The number of hydrogen-bond donors (Lipinski definition) is 1. The van der Waals surface area contributed by atoms with Crippen LogP contribution in [0, 0.1) is 11.3 Å². The standard InChI is InChI=1S/C23H17F8N3O2S/c1-22(13-32,34-21(35)15-4-7-18(8-5-15)37(27,28,29,30)31)14-36-20-9-6-16(11-19(20)23(24,25)26)17-3-2-10-33-12-17/h2-12H,14H2,1H3,(H,34,35). The number of ether oxygens (including phenoxy) is 1. The predicted octanol–water partition coefficient (Wildman–Crippen LogP) is 7.52. The molecule has 14 heteroatoms. The van der Waals surface area contributed by atoms with Gasteiger partial charge >= 0.3 is 16.4 Å². The van der Waals surface area contributed by atoms with Gasteiger partial charge in [0.15, 0.2) is 5.54 Å². The van der Waals surface area contributed by atoms with Crippen molar-refractivity contribution in [3.05, 3.63) is 78.1 Å². The highest BCUT2D eigenvalue weighted by Crippen LogP contribution is 3.02. The largest absolute Gasteiger partial charge is 0.489 e. The van der Waals surface area contributed by atoms with E-state index >= 15 is 0 Å². The Bertz CT molecular complexity index is 1360. The summed E-state index contributed by atoms with van der Waals surface area (Å²) in [5, 5.41) is 11.6. The number of amides is 1. The average molecular weight is 551 g/mol. The molecule has 5 nitrogen and oxygen atoms in total. The molecular weight excluding hydrogens is 534 g/mol. The third-order valence-electron chi connectivity index (χ3n) is 4.99. The van der Waals surface area contributed by atoms with E-state index in [1.165, 1.54) is 24.5 Å². The topological polar surface area (TPSA) is 75.0 Å². The smallest absolute Gasteiger partial charge is 0.419 e. The van der Waals surface area contributed by atoms with Crippen molar-refractivity contribution in [2.75, 3.05) is 6.61 Å². The Morgan fingerprint density at radius 3 is 2.19 bits per heavy atom. The molecule has 1 atom stereocenters. The zero-order chi connectivity index (χ0) is 27.8. The van der Waals surface area contributed by atoms with E-state index in [9.17, 15) is 42.7 Å². The molecule has 0 aliphatic rings. The Balaban J connectivity index is 1.80. The van der Waals surface area contributed by atoms with E-state index in [1.807, 2.05) is 0 Å². The maximum absolute atomic E-state index is 13.7. The molecule has 1 N–H and O–H groups in total. The van der Waals surface area contributed by atoms with E-state index in [0.29, 0.717) is 17.7 Å². The average Bonchev–Trinajstić information content (AvgIpc) is 2.81. The number of aromatic nitrogens is 1. The number of nitriles is 1. The number of hydrogen-bond acceptors (Lipinski definition) is 4. The van der Waals surface area contributed by atoms with Gasteiger partial charge in [-0.15, -0.1) is 0 Å². The summed E-state index contributed by atoms with van der Waals surface area (Å²) in [7, 11) is -9.95. The number of carbonyl (C=O) groups excluding carboxylic acids is 1. The van der Waals surface area contributed by atoms with Crippen LogP contribution in [0.2, 0.25) is 0 Å². The monoisotopic (exact) mass is 551 g/mol. The first-order valence-corrected chi connectivity index (χ1v) is 12.1. The van der Waals surface area contributed by atoms with Gasteiger partial charge in [0.2, 0.25) is 0 Å². The van der Waals surface area contributed by atoms with Gasteiger partial charge in [-0.2, -0.15) is 18.4 Å². The molecule has 0 fully saturated rings. The normalized spacial score (nSPS) is 15.5. The molecule has 0 aliphatic heterocycles. The Labute approximate surface area is 205 Å². The quantitative estimate of drug-likeness (QED) is 0.308.